The monoisotopic (exact) mass is 311 g/mol. The Morgan fingerprint density at radius 2 is 1.95 bits per heavy atom. The van der Waals surface area contributed by atoms with Crippen LogP contribution in [0.5, 0.6) is 0 Å². The Hall–Kier alpha value is -1.96. The van der Waals surface area contributed by atoms with E-state index in [9.17, 15) is 13.2 Å². The quantitative estimate of drug-likeness (QED) is 0.874. The van der Waals surface area contributed by atoms with Gasteiger partial charge in [-0.15, -0.1) is 5.10 Å². The molecule has 0 aliphatic carbocycles. The summed E-state index contributed by atoms with van der Waals surface area (Å²) in [5.41, 5.74) is -0.154. The number of nitrogens with zero attached hydrogens (tertiary/aromatic N) is 5. The van der Waals surface area contributed by atoms with E-state index >= 15 is 0 Å². The van der Waals surface area contributed by atoms with Crippen LogP contribution in [0.2, 0.25) is 0 Å². The van der Waals surface area contributed by atoms with Crippen LogP contribution in [0, 0.1) is 0 Å². The van der Waals surface area contributed by atoms with E-state index in [1.807, 2.05) is 0 Å². The first-order valence-corrected chi connectivity index (χ1v) is 7.14. The minimum atomic E-state index is -4.34. The van der Waals surface area contributed by atoms with Gasteiger partial charge in [-0.3, -0.25) is 4.90 Å². The summed E-state index contributed by atoms with van der Waals surface area (Å²) >= 11 is 0. The topological polar surface area (TPSA) is 46.8 Å². The smallest absolute Gasteiger partial charge is 0.293 e. The number of alkyl halides is 3. The minimum absolute atomic E-state index is 0.470. The van der Waals surface area contributed by atoms with Crippen LogP contribution < -0.4 is 0 Å². The maximum Gasteiger partial charge on any atom is 0.416 e. The van der Waals surface area contributed by atoms with Gasteiger partial charge in [0, 0.05) is 6.04 Å². The largest absolute Gasteiger partial charge is 0.416 e. The lowest BCUT2D eigenvalue weighted by atomic mass is 10.2. The van der Waals surface area contributed by atoms with Gasteiger partial charge in [-0.2, -0.15) is 17.9 Å². The maximum atomic E-state index is 12.6. The van der Waals surface area contributed by atoms with E-state index in [0.717, 1.165) is 31.5 Å². The lowest BCUT2D eigenvalue weighted by Crippen LogP contribution is -2.27. The number of hydrogen-bond acceptors (Lipinski definition) is 4. The second kappa shape index (κ2) is 5.68. The van der Waals surface area contributed by atoms with Gasteiger partial charge in [-0.1, -0.05) is 0 Å². The zero-order chi connectivity index (χ0) is 15.7. The zero-order valence-corrected chi connectivity index (χ0v) is 12.1. The SMILES string of the molecule is C[C@H]1CCCN1Cc1nnnn1-c1ccc(C(F)(F)F)cc1. The summed E-state index contributed by atoms with van der Waals surface area (Å²) in [6.07, 6.45) is -2.06. The van der Waals surface area contributed by atoms with Gasteiger partial charge in [-0.05, 0) is 61.0 Å². The van der Waals surface area contributed by atoms with Crippen molar-refractivity contribution in [1.82, 2.24) is 25.1 Å². The minimum Gasteiger partial charge on any atom is -0.293 e. The summed E-state index contributed by atoms with van der Waals surface area (Å²) in [5, 5.41) is 11.5. The molecule has 8 heteroatoms. The van der Waals surface area contributed by atoms with Crippen LogP contribution in [0.1, 0.15) is 31.2 Å². The number of rotatable bonds is 3. The molecule has 0 bridgehead atoms. The summed E-state index contributed by atoms with van der Waals surface area (Å²) in [5.74, 6) is 0.633. The number of likely N-dealkylation sites (tertiary alicyclic amines) is 1. The van der Waals surface area contributed by atoms with Gasteiger partial charge >= 0.3 is 6.18 Å². The molecule has 2 heterocycles. The third-order valence-electron chi connectivity index (χ3n) is 4.01. The molecule has 3 rings (SSSR count). The number of benzene rings is 1. The molecular formula is C14H16F3N5. The van der Waals surface area contributed by atoms with Crippen molar-refractivity contribution in [3.05, 3.63) is 35.7 Å². The second-order valence-electron chi connectivity index (χ2n) is 5.51. The highest BCUT2D eigenvalue weighted by Gasteiger charge is 2.30. The third-order valence-corrected chi connectivity index (χ3v) is 4.01. The predicted molar refractivity (Wildman–Crippen MR) is 73.3 cm³/mol. The van der Waals surface area contributed by atoms with E-state index in [-0.39, 0.29) is 0 Å². The summed E-state index contributed by atoms with van der Waals surface area (Å²) in [4.78, 5) is 2.27. The highest BCUT2D eigenvalue weighted by atomic mass is 19.4. The van der Waals surface area contributed by atoms with Gasteiger partial charge in [0.25, 0.3) is 0 Å². The standard InChI is InChI=1S/C14H16F3N5/c1-10-3-2-8-21(10)9-13-18-19-20-22(13)12-6-4-11(5-7-12)14(15,16)17/h4-7,10H,2-3,8-9H2,1H3/t10-/m0/s1. The third kappa shape index (κ3) is 2.96. The average molecular weight is 311 g/mol. The van der Waals surface area contributed by atoms with E-state index in [0.29, 0.717) is 24.1 Å². The maximum absolute atomic E-state index is 12.6. The molecule has 1 aliphatic heterocycles. The van der Waals surface area contributed by atoms with Gasteiger partial charge in [0.1, 0.15) is 0 Å². The fraction of sp³-hybridized carbons (Fsp3) is 0.500. The van der Waals surface area contributed by atoms with E-state index in [4.69, 9.17) is 0 Å². The van der Waals surface area contributed by atoms with E-state index in [1.54, 1.807) is 0 Å². The van der Waals surface area contributed by atoms with Gasteiger partial charge in [0.05, 0.1) is 17.8 Å². The van der Waals surface area contributed by atoms with Crippen molar-refractivity contribution in [1.29, 1.82) is 0 Å². The number of aromatic nitrogens is 4. The molecule has 1 atom stereocenters. The van der Waals surface area contributed by atoms with Crippen molar-refractivity contribution in [3.8, 4) is 5.69 Å². The summed E-state index contributed by atoms with van der Waals surface area (Å²) < 4.78 is 39.3. The van der Waals surface area contributed by atoms with Crippen LogP contribution in [0.3, 0.4) is 0 Å². The molecule has 1 aliphatic rings. The summed E-state index contributed by atoms with van der Waals surface area (Å²) in [6.45, 7) is 3.73. The lowest BCUT2D eigenvalue weighted by molar-refractivity contribution is -0.137. The predicted octanol–water partition coefficient (Wildman–Crippen LogP) is 2.67. The van der Waals surface area contributed by atoms with E-state index in [1.165, 1.54) is 16.8 Å². The molecule has 0 unspecified atom stereocenters. The van der Waals surface area contributed by atoms with Crippen molar-refractivity contribution in [2.45, 2.75) is 38.5 Å². The van der Waals surface area contributed by atoms with Crippen LogP contribution >= 0.6 is 0 Å². The molecule has 0 N–H and O–H groups in total. The molecule has 1 aromatic carbocycles. The van der Waals surface area contributed by atoms with Crippen molar-refractivity contribution < 1.29 is 13.2 Å². The Bertz CT molecular complexity index is 635. The molecule has 0 amide bonds. The first-order valence-electron chi connectivity index (χ1n) is 7.14. The fourth-order valence-electron chi connectivity index (χ4n) is 2.71. The number of halogens is 3. The van der Waals surface area contributed by atoms with Crippen LogP contribution in [0.25, 0.3) is 5.69 Å². The molecule has 1 aromatic heterocycles. The highest BCUT2D eigenvalue weighted by Crippen LogP contribution is 2.29. The van der Waals surface area contributed by atoms with Gasteiger partial charge in [-0.25, -0.2) is 0 Å². The molecule has 5 nitrogen and oxygen atoms in total. The van der Waals surface area contributed by atoms with Crippen LogP contribution in [-0.2, 0) is 12.7 Å². The first kappa shape index (κ1) is 15.0. The number of tetrazole rings is 1. The van der Waals surface area contributed by atoms with Gasteiger partial charge < -0.3 is 0 Å². The normalized spacial score (nSPS) is 19.7. The second-order valence-corrected chi connectivity index (χ2v) is 5.51. The number of hydrogen-bond donors (Lipinski definition) is 0. The summed E-state index contributed by atoms with van der Waals surface area (Å²) in [7, 11) is 0. The zero-order valence-electron chi connectivity index (χ0n) is 12.1. The lowest BCUT2D eigenvalue weighted by Gasteiger charge is -2.19. The van der Waals surface area contributed by atoms with E-state index < -0.39 is 11.7 Å². The highest BCUT2D eigenvalue weighted by molar-refractivity contribution is 5.35. The van der Waals surface area contributed by atoms with Crippen molar-refractivity contribution >= 4 is 0 Å². The Labute approximate surface area is 125 Å². The van der Waals surface area contributed by atoms with E-state index in [2.05, 4.69) is 27.3 Å². The first-order chi connectivity index (χ1) is 10.4. The molecule has 118 valence electrons. The molecule has 0 radical (unpaired) electrons. The Balaban J connectivity index is 1.82. The van der Waals surface area contributed by atoms with Crippen molar-refractivity contribution in [2.75, 3.05) is 6.54 Å². The molecule has 22 heavy (non-hydrogen) atoms. The molecule has 0 spiro atoms. The van der Waals surface area contributed by atoms with Crippen molar-refractivity contribution in [2.24, 2.45) is 0 Å². The van der Waals surface area contributed by atoms with Crippen LogP contribution in [-0.4, -0.2) is 37.7 Å². The average Bonchev–Trinajstić information content (AvgIpc) is 3.09. The van der Waals surface area contributed by atoms with Crippen molar-refractivity contribution in [3.63, 3.8) is 0 Å². The van der Waals surface area contributed by atoms with Gasteiger partial charge in [0.2, 0.25) is 0 Å². The fourth-order valence-corrected chi connectivity index (χ4v) is 2.71. The molecule has 1 fully saturated rings. The molecule has 2 aromatic rings. The van der Waals surface area contributed by atoms with Crippen LogP contribution in [0.15, 0.2) is 24.3 Å². The molecule has 1 saturated heterocycles. The Morgan fingerprint density at radius 1 is 1.23 bits per heavy atom. The summed E-state index contributed by atoms with van der Waals surface area (Å²) in [6, 6.07) is 5.32. The molecule has 0 saturated carbocycles. The Kier molecular flexibility index (Phi) is 3.86. The Morgan fingerprint density at radius 3 is 2.55 bits per heavy atom. The molecular weight excluding hydrogens is 295 g/mol. The van der Waals surface area contributed by atoms with Gasteiger partial charge in [0.15, 0.2) is 5.82 Å². The van der Waals surface area contributed by atoms with Crippen LogP contribution in [0.4, 0.5) is 13.2 Å².